The number of piperidine rings is 1. The number of halogens is 1. The second-order valence-corrected chi connectivity index (χ2v) is 15.7. The SMILES string of the molecule is Cc1cc(Nc2cc(C3CCCCC3)nc3c(Br)cnn23)sn1.[C-]#[N+]c1cc(-c2cnn3c(Nc4cc(C)ns4)cc(C4CCCNC4)nc23)co1. The van der Waals surface area contributed by atoms with E-state index >= 15 is 0 Å². The molecule has 52 heavy (non-hydrogen) atoms. The van der Waals surface area contributed by atoms with Crippen molar-refractivity contribution in [3.05, 3.63) is 87.7 Å². The molecule has 7 aromatic rings. The average molecular weight is 798 g/mol. The standard InChI is InChI=1S/C20H19N7OS.C16H18BrN5S/c1-12-6-19(29-26-12)25-17-8-16(13-4-3-5-22-9-13)24-20-15(10-23-27(17)20)14-7-18(21-2)28-11-14;1-10-7-15(23-21-10)20-14-8-13(11-5-3-2-4-6-11)19-16-12(17)9-18-22(14)16/h6-8,10-11,13,22,25H,3-5,9H2,1H3;7-9,11,20H,2-6H2,1H3. The number of hydrogen-bond donors (Lipinski definition) is 3. The van der Waals surface area contributed by atoms with E-state index in [4.69, 9.17) is 21.0 Å². The molecule has 7 aromatic heterocycles. The van der Waals surface area contributed by atoms with Gasteiger partial charge in [-0.3, -0.25) is 0 Å². The Balaban J connectivity index is 0.000000153. The maximum absolute atomic E-state index is 7.15. The Kier molecular flexibility index (Phi) is 10.00. The molecule has 0 radical (unpaired) electrons. The molecule has 0 bridgehead atoms. The molecule has 1 aliphatic heterocycles. The number of fused-ring (bicyclic) bond motifs is 2. The quantitative estimate of drug-likeness (QED) is 0.134. The molecule has 0 amide bonds. The Labute approximate surface area is 317 Å². The molecule has 1 aliphatic carbocycles. The van der Waals surface area contributed by atoms with Crippen LogP contribution in [0.1, 0.15) is 79.6 Å². The summed E-state index contributed by atoms with van der Waals surface area (Å²) in [5.74, 6) is 2.96. The first-order valence-electron chi connectivity index (χ1n) is 17.4. The Morgan fingerprint density at radius 1 is 0.827 bits per heavy atom. The molecule has 13 nitrogen and oxygen atoms in total. The van der Waals surface area contributed by atoms with Crippen LogP contribution < -0.4 is 16.0 Å². The molecule has 1 unspecified atom stereocenters. The van der Waals surface area contributed by atoms with Crippen molar-refractivity contribution in [2.24, 2.45) is 0 Å². The minimum Gasteiger partial charge on any atom is -0.486 e. The van der Waals surface area contributed by atoms with Gasteiger partial charge >= 0.3 is 5.88 Å². The minimum atomic E-state index is 0.255. The van der Waals surface area contributed by atoms with Crippen molar-refractivity contribution in [3.63, 3.8) is 0 Å². The van der Waals surface area contributed by atoms with Crippen LogP contribution in [0.4, 0.5) is 27.5 Å². The third-order valence-electron chi connectivity index (χ3n) is 9.44. The molecular weight excluding hydrogens is 761 g/mol. The van der Waals surface area contributed by atoms with Gasteiger partial charge in [0.1, 0.15) is 21.6 Å². The molecule has 9 rings (SSSR count). The van der Waals surface area contributed by atoms with Gasteiger partial charge < -0.3 is 20.4 Å². The molecule has 16 heteroatoms. The van der Waals surface area contributed by atoms with Crippen LogP contribution in [-0.2, 0) is 0 Å². The molecule has 266 valence electrons. The number of nitrogens with zero attached hydrogens (tertiary/aromatic N) is 9. The summed E-state index contributed by atoms with van der Waals surface area (Å²) in [5.41, 5.74) is 7.47. The summed E-state index contributed by atoms with van der Waals surface area (Å²) < 4.78 is 18.6. The van der Waals surface area contributed by atoms with Crippen molar-refractivity contribution in [2.45, 2.75) is 70.6 Å². The van der Waals surface area contributed by atoms with Gasteiger partial charge in [-0.1, -0.05) is 19.3 Å². The highest BCUT2D eigenvalue weighted by Gasteiger charge is 2.23. The van der Waals surface area contributed by atoms with Gasteiger partial charge in [-0.2, -0.15) is 32.8 Å². The van der Waals surface area contributed by atoms with Gasteiger partial charge in [0.15, 0.2) is 11.3 Å². The first kappa shape index (κ1) is 34.4. The lowest BCUT2D eigenvalue weighted by atomic mass is 9.87. The number of nitrogens with one attached hydrogen (secondary N) is 3. The molecule has 0 aromatic carbocycles. The second kappa shape index (κ2) is 15.1. The number of hydrogen-bond acceptors (Lipinski definition) is 12. The van der Waals surface area contributed by atoms with Crippen molar-refractivity contribution < 1.29 is 4.42 Å². The van der Waals surface area contributed by atoms with Gasteiger partial charge in [-0.05, 0) is 103 Å². The Hall–Kier alpha value is -4.69. The van der Waals surface area contributed by atoms with Crippen LogP contribution in [0, 0.1) is 20.4 Å². The maximum atomic E-state index is 7.15. The number of furan rings is 1. The van der Waals surface area contributed by atoms with Crippen LogP contribution in [0.3, 0.4) is 0 Å². The fourth-order valence-electron chi connectivity index (χ4n) is 6.86. The Morgan fingerprint density at radius 2 is 1.46 bits per heavy atom. The first-order valence-corrected chi connectivity index (χ1v) is 19.8. The van der Waals surface area contributed by atoms with Gasteiger partial charge in [0.2, 0.25) is 0 Å². The van der Waals surface area contributed by atoms with E-state index in [1.807, 2.05) is 24.4 Å². The van der Waals surface area contributed by atoms with Crippen molar-refractivity contribution in [2.75, 3.05) is 23.7 Å². The van der Waals surface area contributed by atoms with E-state index in [0.29, 0.717) is 11.8 Å². The lowest BCUT2D eigenvalue weighted by molar-refractivity contribution is 0.437. The van der Waals surface area contributed by atoms with Gasteiger partial charge in [-0.25, -0.2) is 9.97 Å². The van der Waals surface area contributed by atoms with Crippen molar-refractivity contribution >= 4 is 77.8 Å². The summed E-state index contributed by atoms with van der Waals surface area (Å²) in [6, 6.07) is 10.0. The second-order valence-electron chi connectivity index (χ2n) is 13.2. The molecule has 1 saturated heterocycles. The van der Waals surface area contributed by atoms with Crippen LogP contribution in [0.5, 0.6) is 0 Å². The van der Waals surface area contributed by atoms with Gasteiger partial charge in [0.05, 0.1) is 46.8 Å². The first-order chi connectivity index (χ1) is 25.4. The Bertz CT molecular complexity index is 2370. The topological polar surface area (TPSA) is 140 Å². The summed E-state index contributed by atoms with van der Waals surface area (Å²) in [4.78, 5) is 13.2. The van der Waals surface area contributed by atoms with E-state index in [-0.39, 0.29) is 5.88 Å². The predicted octanol–water partition coefficient (Wildman–Crippen LogP) is 9.56. The van der Waals surface area contributed by atoms with Crippen LogP contribution in [0.25, 0.3) is 27.3 Å². The zero-order valence-corrected chi connectivity index (χ0v) is 32.0. The smallest absolute Gasteiger partial charge is 0.346 e. The number of aryl methyl sites for hydroxylation is 2. The van der Waals surface area contributed by atoms with E-state index in [2.05, 4.69) is 73.9 Å². The highest BCUT2D eigenvalue weighted by atomic mass is 79.9. The van der Waals surface area contributed by atoms with Crippen molar-refractivity contribution in [1.29, 1.82) is 0 Å². The number of aromatic nitrogens is 8. The molecule has 0 spiro atoms. The highest BCUT2D eigenvalue weighted by Crippen LogP contribution is 2.36. The number of rotatable bonds is 7. The van der Waals surface area contributed by atoms with Crippen LogP contribution >= 0.6 is 39.0 Å². The fraction of sp³-hybridized carbons (Fsp3) is 0.361. The van der Waals surface area contributed by atoms with Gasteiger partial charge in [0, 0.05) is 47.3 Å². The molecule has 8 heterocycles. The third kappa shape index (κ3) is 7.31. The van der Waals surface area contributed by atoms with Gasteiger partial charge in [-0.15, -0.1) is 0 Å². The summed E-state index contributed by atoms with van der Waals surface area (Å²) in [6.07, 6.45) is 13.8. The highest BCUT2D eigenvalue weighted by molar-refractivity contribution is 9.10. The van der Waals surface area contributed by atoms with Crippen LogP contribution in [0.15, 0.2) is 57.9 Å². The van der Waals surface area contributed by atoms with E-state index in [0.717, 1.165) is 91.5 Å². The maximum Gasteiger partial charge on any atom is 0.346 e. The molecule has 1 atom stereocenters. The molecule has 2 aliphatic rings. The summed E-state index contributed by atoms with van der Waals surface area (Å²) in [6.45, 7) is 13.1. The fourth-order valence-corrected chi connectivity index (χ4v) is 8.55. The lowest BCUT2D eigenvalue weighted by Gasteiger charge is -2.23. The normalized spacial score (nSPS) is 16.5. The van der Waals surface area contributed by atoms with E-state index in [1.54, 1.807) is 29.2 Å². The molecule has 3 N–H and O–H groups in total. The van der Waals surface area contributed by atoms with Crippen molar-refractivity contribution in [1.82, 2.24) is 43.3 Å². The minimum absolute atomic E-state index is 0.255. The van der Waals surface area contributed by atoms with Crippen molar-refractivity contribution in [3.8, 4) is 11.1 Å². The summed E-state index contributed by atoms with van der Waals surface area (Å²) >= 11 is 6.45. The predicted molar refractivity (Wildman–Crippen MR) is 209 cm³/mol. The molecule has 2 fully saturated rings. The zero-order chi connectivity index (χ0) is 35.6. The number of anilines is 4. The Morgan fingerprint density at radius 3 is 2.08 bits per heavy atom. The third-order valence-corrected chi connectivity index (χ3v) is 11.6. The molecule has 1 saturated carbocycles. The summed E-state index contributed by atoms with van der Waals surface area (Å²) in [7, 11) is 0. The monoisotopic (exact) mass is 796 g/mol. The van der Waals surface area contributed by atoms with E-state index < -0.39 is 0 Å². The zero-order valence-electron chi connectivity index (χ0n) is 28.8. The van der Waals surface area contributed by atoms with E-state index in [9.17, 15) is 0 Å². The lowest BCUT2D eigenvalue weighted by Crippen LogP contribution is -2.29. The van der Waals surface area contributed by atoms with Crippen LogP contribution in [0.2, 0.25) is 0 Å². The summed E-state index contributed by atoms with van der Waals surface area (Å²) in [5, 5.41) is 21.4. The largest absolute Gasteiger partial charge is 0.486 e. The molecular formula is C36H37BrN12OS2. The average Bonchev–Trinajstić information content (AvgIpc) is 4.02. The van der Waals surface area contributed by atoms with Crippen LogP contribution in [-0.4, -0.2) is 51.0 Å². The van der Waals surface area contributed by atoms with Gasteiger partial charge in [0.25, 0.3) is 0 Å². The van der Waals surface area contributed by atoms with E-state index in [1.165, 1.54) is 60.9 Å².